The molecule has 0 aliphatic heterocycles. The fourth-order valence-electron chi connectivity index (χ4n) is 1.52. The fourth-order valence-corrected chi connectivity index (χ4v) is 1.52. The van der Waals surface area contributed by atoms with Gasteiger partial charge in [-0.25, -0.2) is 0 Å². The Hall–Kier alpha value is -1.37. The topological polar surface area (TPSA) is 17.1 Å². The molecule has 2 rings (SSSR count). The first-order valence-electron chi connectivity index (χ1n) is 4.12. The summed E-state index contributed by atoms with van der Waals surface area (Å²) in [7, 11) is 0. The molecule has 1 aliphatic rings. The molecular weight excluding hydrogens is 148 g/mol. The van der Waals surface area contributed by atoms with Crippen LogP contribution in [0.15, 0.2) is 24.3 Å². The van der Waals surface area contributed by atoms with Crippen molar-refractivity contribution in [3.63, 3.8) is 0 Å². The van der Waals surface area contributed by atoms with Crippen LogP contribution < -0.4 is 0 Å². The van der Waals surface area contributed by atoms with E-state index in [1.54, 1.807) is 0 Å². The standard InChI is InChI=1S/C11H10O/c12-7-6-9-4-5-10-2-1-3-11(10)8-9/h1,3-5,7-8H,2,6H2. The summed E-state index contributed by atoms with van der Waals surface area (Å²) in [4.78, 5) is 10.3. The summed E-state index contributed by atoms with van der Waals surface area (Å²) >= 11 is 0. The number of allylic oxidation sites excluding steroid dienone is 1. The van der Waals surface area contributed by atoms with Crippen molar-refractivity contribution < 1.29 is 4.79 Å². The molecule has 0 radical (unpaired) electrons. The van der Waals surface area contributed by atoms with Crippen LogP contribution in [-0.2, 0) is 17.6 Å². The Labute approximate surface area is 71.7 Å². The molecule has 0 saturated heterocycles. The van der Waals surface area contributed by atoms with Gasteiger partial charge in [-0.3, -0.25) is 0 Å². The predicted molar refractivity (Wildman–Crippen MR) is 48.9 cm³/mol. The number of hydrogen-bond donors (Lipinski definition) is 0. The molecule has 0 atom stereocenters. The summed E-state index contributed by atoms with van der Waals surface area (Å²) in [5, 5.41) is 0. The minimum absolute atomic E-state index is 0.529. The highest BCUT2D eigenvalue weighted by molar-refractivity contribution is 5.63. The molecule has 0 fully saturated rings. The lowest BCUT2D eigenvalue weighted by Gasteiger charge is -2.00. The van der Waals surface area contributed by atoms with Crippen LogP contribution in [-0.4, -0.2) is 6.29 Å². The molecule has 1 aromatic rings. The second-order valence-electron chi connectivity index (χ2n) is 3.01. The minimum atomic E-state index is 0.529. The Morgan fingerprint density at radius 2 is 2.33 bits per heavy atom. The van der Waals surface area contributed by atoms with Crippen molar-refractivity contribution in [2.24, 2.45) is 0 Å². The summed E-state index contributed by atoms with van der Waals surface area (Å²) in [5.41, 5.74) is 3.74. The van der Waals surface area contributed by atoms with Crippen molar-refractivity contribution in [2.45, 2.75) is 12.8 Å². The second-order valence-corrected chi connectivity index (χ2v) is 3.01. The predicted octanol–water partition coefficient (Wildman–Crippen LogP) is 2.00. The maximum Gasteiger partial charge on any atom is 0.124 e. The van der Waals surface area contributed by atoms with E-state index in [1.165, 1.54) is 11.1 Å². The van der Waals surface area contributed by atoms with Crippen LogP contribution >= 0.6 is 0 Å². The second kappa shape index (κ2) is 2.94. The summed E-state index contributed by atoms with van der Waals surface area (Å²) in [5.74, 6) is 0. The van der Waals surface area contributed by atoms with Crippen LogP contribution in [0.3, 0.4) is 0 Å². The first kappa shape index (κ1) is 7.29. The smallest absolute Gasteiger partial charge is 0.124 e. The average Bonchev–Trinajstić information content (AvgIpc) is 2.51. The monoisotopic (exact) mass is 158 g/mol. The van der Waals surface area contributed by atoms with E-state index in [0.29, 0.717) is 6.42 Å². The van der Waals surface area contributed by atoms with Crippen molar-refractivity contribution in [1.82, 2.24) is 0 Å². The number of carbonyl (C=O) groups is 1. The van der Waals surface area contributed by atoms with Gasteiger partial charge in [0.25, 0.3) is 0 Å². The van der Waals surface area contributed by atoms with Crippen LogP contribution in [0.2, 0.25) is 0 Å². The number of benzene rings is 1. The van der Waals surface area contributed by atoms with Crippen LogP contribution in [0.25, 0.3) is 6.08 Å². The van der Waals surface area contributed by atoms with E-state index in [1.807, 2.05) is 6.07 Å². The van der Waals surface area contributed by atoms with E-state index in [4.69, 9.17) is 0 Å². The largest absolute Gasteiger partial charge is 0.303 e. The molecule has 1 aliphatic carbocycles. The number of fused-ring (bicyclic) bond motifs is 1. The third-order valence-electron chi connectivity index (χ3n) is 2.16. The van der Waals surface area contributed by atoms with Gasteiger partial charge in [0, 0.05) is 6.42 Å². The summed E-state index contributed by atoms with van der Waals surface area (Å²) in [6.45, 7) is 0. The Morgan fingerprint density at radius 3 is 3.17 bits per heavy atom. The molecule has 0 heterocycles. The molecule has 1 heteroatoms. The minimum Gasteiger partial charge on any atom is -0.303 e. The third kappa shape index (κ3) is 1.18. The van der Waals surface area contributed by atoms with Crippen molar-refractivity contribution in [3.8, 4) is 0 Å². The molecule has 0 saturated carbocycles. The molecule has 0 bridgehead atoms. The van der Waals surface area contributed by atoms with Gasteiger partial charge in [0.15, 0.2) is 0 Å². The van der Waals surface area contributed by atoms with Crippen LogP contribution in [0.5, 0.6) is 0 Å². The number of hydrogen-bond acceptors (Lipinski definition) is 1. The third-order valence-corrected chi connectivity index (χ3v) is 2.16. The maximum absolute atomic E-state index is 10.3. The molecule has 1 nitrogen and oxygen atoms in total. The zero-order valence-electron chi connectivity index (χ0n) is 6.79. The van der Waals surface area contributed by atoms with E-state index < -0.39 is 0 Å². The lowest BCUT2D eigenvalue weighted by Crippen LogP contribution is -1.88. The SMILES string of the molecule is O=CCc1ccc2c(c1)C=CC2. The average molecular weight is 158 g/mol. The summed E-state index contributed by atoms with van der Waals surface area (Å²) < 4.78 is 0. The normalized spacial score (nSPS) is 13.0. The van der Waals surface area contributed by atoms with E-state index >= 15 is 0 Å². The Balaban J connectivity index is 2.37. The molecule has 0 amide bonds. The van der Waals surface area contributed by atoms with Crippen molar-refractivity contribution >= 4 is 12.4 Å². The molecule has 60 valence electrons. The quantitative estimate of drug-likeness (QED) is 0.601. The highest BCUT2D eigenvalue weighted by atomic mass is 16.1. The van der Waals surface area contributed by atoms with Crippen LogP contribution in [0, 0.1) is 0 Å². The fraction of sp³-hybridized carbons (Fsp3) is 0.182. The van der Waals surface area contributed by atoms with Gasteiger partial charge in [0.1, 0.15) is 6.29 Å². The highest BCUT2D eigenvalue weighted by Crippen LogP contribution is 2.20. The summed E-state index contributed by atoms with van der Waals surface area (Å²) in [6, 6.07) is 6.22. The van der Waals surface area contributed by atoms with Gasteiger partial charge in [0.2, 0.25) is 0 Å². The molecule has 0 spiro atoms. The molecule has 12 heavy (non-hydrogen) atoms. The number of rotatable bonds is 2. The van der Waals surface area contributed by atoms with Crippen molar-refractivity contribution in [2.75, 3.05) is 0 Å². The molecule has 0 unspecified atom stereocenters. The Kier molecular flexibility index (Phi) is 1.78. The van der Waals surface area contributed by atoms with Crippen molar-refractivity contribution in [1.29, 1.82) is 0 Å². The molecular formula is C11H10O. The molecule has 0 N–H and O–H groups in total. The van der Waals surface area contributed by atoms with Gasteiger partial charge in [-0.1, -0.05) is 30.4 Å². The van der Waals surface area contributed by atoms with Gasteiger partial charge in [-0.05, 0) is 23.1 Å². The van der Waals surface area contributed by atoms with E-state index in [2.05, 4.69) is 24.3 Å². The molecule has 0 aromatic heterocycles. The van der Waals surface area contributed by atoms with Crippen LogP contribution in [0.4, 0.5) is 0 Å². The van der Waals surface area contributed by atoms with Gasteiger partial charge < -0.3 is 4.79 Å². The lowest BCUT2D eigenvalue weighted by atomic mass is 10.0. The first-order chi connectivity index (χ1) is 5.90. The van der Waals surface area contributed by atoms with Crippen molar-refractivity contribution in [3.05, 3.63) is 41.0 Å². The number of carbonyl (C=O) groups excluding carboxylic acids is 1. The highest BCUT2D eigenvalue weighted by Gasteiger charge is 2.04. The summed E-state index contributed by atoms with van der Waals surface area (Å²) in [6.07, 6.45) is 6.78. The first-order valence-corrected chi connectivity index (χ1v) is 4.12. The maximum atomic E-state index is 10.3. The lowest BCUT2D eigenvalue weighted by molar-refractivity contribution is -0.107. The van der Waals surface area contributed by atoms with E-state index in [-0.39, 0.29) is 0 Å². The zero-order chi connectivity index (χ0) is 8.39. The zero-order valence-corrected chi connectivity index (χ0v) is 6.79. The Morgan fingerprint density at radius 1 is 1.42 bits per heavy atom. The Bertz CT molecular complexity index is 337. The van der Waals surface area contributed by atoms with E-state index in [0.717, 1.165) is 18.3 Å². The number of aldehydes is 1. The van der Waals surface area contributed by atoms with Gasteiger partial charge >= 0.3 is 0 Å². The van der Waals surface area contributed by atoms with E-state index in [9.17, 15) is 4.79 Å². The van der Waals surface area contributed by atoms with Gasteiger partial charge in [-0.2, -0.15) is 0 Å². The van der Waals surface area contributed by atoms with Gasteiger partial charge in [0.05, 0.1) is 0 Å². The van der Waals surface area contributed by atoms with Gasteiger partial charge in [-0.15, -0.1) is 0 Å². The molecule has 1 aromatic carbocycles. The van der Waals surface area contributed by atoms with Crippen LogP contribution in [0.1, 0.15) is 16.7 Å².